The van der Waals surface area contributed by atoms with Gasteiger partial charge in [0, 0.05) is 16.9 Å². The average Bonchev–Trinajstić information content (AvgIpc) is 3.23. The van der Waals surface area contributed by atoms with Crippen LogP contribution in [0.2, 0.25) is 5.02 Å². The molecule has 0 amide bonds. The van der Waals surface area contributed by atoms with Gasteiger partial charge in [0.05, 0.1) is 25.6 Å². The molecule has 0 aliphatic rings. The molecular formula is C27H28BrClN2O2S. The summed E-state index contributed by atoms with van der Waals surface area (Å²) in [6.45, 7) is 5.02. The minimum absolute atomic E-state index is 0. The molecule has 4 rings (SSSR count). The molecule has 178 valence electrons. The monoisotopic (exact) mass is 558 g/mol. The molecule has 0 aliphatic carbocycles. The molecule has 4 aromatic rings. The highest BCUT2D eigenvalue weighted by Gasteiger charge is 2.11. The van der Waals surface area contributed by atoms with Gasteiger partial charge < -0.3 is 14.0 Å². The van der Waals surface area contributed by atoms with E-state index in [1.807, 2.05) is 24.3 Å². The first kappa shape index (κ1) is 26.1. The molecule has 0 aliphatic heterocycles. The fourth-order valence-corrected chi connectivity index (χ4v) is 4.80. The Bertz CT molecular complexity index is 1330. The Morgan fingerprint density at radius 2 is 1.68 bits per heavy atom. The zero-order valence-electron chi connectivity index (χ0n) is 19.7. The third-order valence-corrected chi connectivity index (χ3v) is 6.92. The summed E-state index contributed by atoms with van der Waals surface area (Å²) in [5, 5.41) is 2.90. The first-order valence-electron chi connectivity index (χ1n) is 10.8. The Hall–Kier alpha value is -2.54. The maximum atomic E-state index is 6.13. The van der Waals surface area contributed by atoms with E-state index in [4.69, 9.17) is 26.1 Å². The molecular weight excluding hydrogens is 532 g/mol. The lowest BCUT2D eigenvalue weighted by Crippen LogP contribution is -2.17. The van der Waals surface area contributed by atoms with Crippen LogP contribution < -0.4 is 14.3 Å². The number of hydrogen-bond donors (Lipinski definition) is 0. The van der Waals surface area contributed by atoms with Crippen LogP contribution in [0.5, 0.6) is 11.5 Å². The summed E-state index contributed by atoms with van der Waals surface area (Å²) < 4.78 is 13.1. The molecule has 7 heteroatoms. The molecule has 0 saturated carbocycles. The van der Waals surface area contributed by atoms with Crippen LogP contribution in [-0.2, 0) is 13.0 Å². The minimum atomic E-state index is 0. The van der Waals surface area contributed by atoms with Crippen LogP contribution >= 0.6 is 39.9 Å². The molecule has 1 aromatic heterocycles. The van der Waals surface area contributed by atoms with Crippen LogP contribution in [0.25, 0.3) is 11.3 Å². The molecule has 0 fully saturated rings. The molecule has 0 bridgehead atoms. The zero-order valence-corrected chi connectivity index (χ0v) is 23.0. The summed E-state index contributed by atoms with van der Waals surface area (Å²) >= 11 is 7.79. The van der Waals surface area contributed by atoms with Crippen LogP contribution in [0.3, 0.4) is 0 Å². The van der Waals surface area contributed by atoms with Crippen molar-refractivity contribution in [2.45, 2.75) is 26.8 Å². The van der Waals surface area contributed by atoms with Gasteiger partial charge in [0.25, 0.3) is 0 Å². The van der Waals surface area contributed by atoms with Crippen LogP contribution in [0.4, 0.5) is 5.69 Å². The Balaban J connectivity index is 0.00000324. The lowest BCUT2D eigenvalue weighted by Gasteiger charge is -2.12. The van der Waals surface area contributed by atoms with E-state index in [1.165, 1.54) is 16.7 Å². The maximum Gasteiger partial charge on any atom is 0.190 e. The summed E-state index contributed by atoms with van der Waals surface area (Å²) in [5.41, 5.74) is 6.85. The molecule has 0 N–H and O–H groups in total. The van der Waals surface area contributed by atoms with Crippen LogP contribution in [-0.4, -0.2) is 18.8 Å². The summed E-state index contributed by atoms with van der Waals surface area (Å²) in [6, 6.07) is 20.3. The maximum absolute atomic E-state index is 6.13. The van der Waals surface area contributed by atoms with Gasteiger partial charge in [-0.25, -0.2) is 4.99 Å². The number of thiazole rings is 1. The van der Waals surface area contributed by atoms with Gasteiger partial charge in [-0.2, -0.15) is 0 Å². The second kappa shape index (κ2) is 11.7. The van der Waals surface area contributed by atoms with Crippen LogP contribution in [0.1, 0.15) is 16.7 Å². The number of nitrogens with zero attached hydrogens (tertiary/aromatic N) is 2. The van der Waals surface area contributed by atoms with Crippen molar-refractivity contribution in [2.75, 3.05) is 14.2 Å². The Morgan fingerprint density at radius 3 is 2.38 bits per heavy atom. The van der Waals surface area contributed by atoms with Gasteiger partial charge in [0.1, 0.15) is 0 Å². The number of aryl methyl sites for hydroxylation is 2. The topological polar surface area (TPSA) is 35.8 Å². The largest absolute Gasteiger partial charge is 0.493 e. The number of halogens is 2. The van der Waals surface area contributed by atoms with Crippen LogP contribution in [0.15, 0.2) is 71.0 Å². The quantitative estimate of drug-likeness (QED) is 0.234. The highest BCUT2D eigenvalue weighted by atomic mass is 79.9. The van der Waals surface area contributed by atoms with Gasteiger partial charge in [0.15, 0.2) is 16.3 Å². The van der Waals surface area contributed by atoms with E-state index >= 15 is 0 Å². The molecule has 0 unspecified atom stereocenters. The van der Waals surface area contributed by atoms with Crippen LogP contribution in [0, 0.1) is 13.8 Å². The average molecular weight is 560 g/mol. The fourth-order valence-electron chi connectivity index (χ4n) is 3.72. The predicted molar refractivity (Wildman–Crippen MR) is 147 cm³/mol. The predicted octanol–water partition coefficient (Wildman–Crippen LogP) is 7.56. The minimum Gasteiger partial charge on any atom is -0.493 e. The second-order valence-electron chi connectivity index (χ2n) is 7.83. The van der Waals surface area contributed by atoms with E-state index < -0.39 is 0 Å². The number of hydrogen-bond acceptors (Lipinski definition) is 4. The Morgan fingerprint density at radius 1 is 0.941 bits per heavy atom. The SMILES string of the molecule is Br.COc1ccc(CCn2c(-c3ccc(Cl)cc3)csc2=Nc2cccc(C)c2C)cc1OC. The normalized spacial score (nSPS) is 11.3. The molecule has 4 nitrogen and oxygen atoms in total. The summed E-state index contributed by atoms with van der Waals surface area (Å²) in [7, 11) is 3.31. The highest BCUT2D eigenvalue weighted by molar-refractivity contribution is 8.93. The van der Waals surface area contributed by atoms with Crippen molar-refractivity contribution >= 4 is 45.6 Å². The van der Waals surface area contributed by atoms with Crippen molar-refractivity contribution in [2.24, 2.45) is 4.99 Å². The molecule has 0 saturated heterocycles. The molecule has 0 spiro atoms. The number of rotatable bonds is 7. The van der Waals surface area contributed by atoms with Crippen molar-refractivity contribution in [3.05, 3.63) is 92.6 Å². The van der Waals surface area contributed by atoms with E-state index in [-0.39, 0.29) is 17.0 Å². The first-order chi connectivity index (χ1) is 16.0. The van der Waals surface area contributed by atoms with E-state index in [1.54, 1.807) is 25.6 Å². The van der Waals surface area contributed by atoms with E-state index in [9.17, 15) is 0 Å². The van der Waals surface area contributed by atoms with Crippen molar-refractivity contribution in [3.8, 4) is 22.8 Å². The summed E-state index contributed by atoms with van der Waals surface area (Å²) in [6.07, 6.45) is 0.831. The van der Waals surface area contributed by atoms with Gasteiger partial charge >= 0.3 is 0 Å². The molecule has 0 radical (unpaired) electrons. The smallest absolute Gasteiger partial charge is 0.190 e. The summed E-state index contributed by atoms with van der Waals surface area (Å²) in [4.78, 5) is 6.02. The molecule has 34 heavy (non-hydrogen) atoms. The number of benzene rings is 3. The van der Waals surface area contributed by atoms with Crippen molar-refractivity contribution in [3.63, 3.8) is 0 Å². The van der Waals surface area contributed by atoms with E-state index in [0.717, 1.165) is 51.2 Å². The van der Waals surface area contributed by atoms with Gasteiger partial charge in [-0.1, -0.05) is 41.9 Å². The third kappa shape index (κ3) is 5.74. The molecule has 0 atom stereocenters. The Labute approximate surface area is 220 Å². The lowest BCUT2D eigenvalue weighted by atomic mass is 10.1. The van der Waals surface area contributed by atoms with Crippen molar-refractivity contribution in [1.82, 2.24) is 4.57 Å². The van der Waals surface area contributed by atoms with Crippen molar-refractivity contribution < 1.29 is 9.47 Å². The number of ether oxygens (including phenoxy) is 2. The number of aromatic nitrogens is 1. The van der Waals surface area contributed by atoms with Gasteiger partial charge in [-0.05, 0) is 72.9 Å². The molecule has 1 heterocycles. The van der Waals surface area contributed by atoms with Gasteiger partial charge in [0.2, 0.25) is 0 Å². The fraction of sp³-hybridized carbons (Fsp3) is 0.222. The van der Waals surface area contributed by atoms with E-state index in [2.05, 4.69) is 60.2 Å². The van der Waals surface area contributed by atoms with Gasteiger partial charge in [-0.3, -0.25) is 0 Å². The summed E-state index contributed by atoms with van der Waals surface area (Å²) in [5.74, 6) is 1.47. The number of methoxy groups -OCH3 is 2. The molecule has 3 aromatic carbocycles. The lowest BCUT2D eigenvalue weighted by molar-refractivity contribution is 0.354. The van der Waals surface area contributed by atoms with Gasteiger partial charge in [-0.15, -0.1) is 28.3 Å². The Kier molecular flexibility index (Phi) is 9.00. The zero-order chi connectivity index (χ0) is 23.4. The second-order valence-corrected chi connectivity index (χ2v) is 9.11. The standard InChI is InChI=1S/C27H27ClN2O2S.BrH/c1-18-6-5-7-23(19(18)2)29-27-30(24(17-33-27)21-9-11-22(28)12-10-21)15-14-20-8-13-25(31-3)26(16-20)32-4;/h5-13,16-17H,14-15H2,1-4H3;1H. The van der Waals surface area contributed by atoms with E-state index in [0.29, 0.717) is 0 Å². The third-order valence-electron chi connectivity index (χ3n) is 5.80. The highest BCUT2D eigenvalue weighted by Crippen LogP contribution is 2.29. The first-order valence-corrected chi connectivity index (χ1v) is 12.0. The van der Waals surface area contributed by atoms with Crippen molar-refractivity contribution in [1.29, 1.82) is 0 Å².